The van der Waals surface area contributed by atoms with Gasteiger partial charge >= 0.3 is 0 Å². The topological polar surface area (TPSA) is 109 Å². The number of carbonyl (C=O) groups is 1. The van der Waals surface area contributed by atoms with Gasteiger partial charge in [0.25, 0.3) is 0 Å². The van der Waals surface area contributed by atoms with Crippen LogP contribution in [0.2, 0.25) is 0 Å². The van der Waals surface area contributed by atoms with Crippen LogP contribution in [0.5, 0.6) is 5.75 Å². The van der Waals surface area contributed by atoms with Crippen molar-refractivity contribution in [1.82, 2.24) is 0 Å². The van der Waals surface area contributed by atoms with Crippen molar-refractivity contribution in [2.45, 2.75) is 96.8 Å². The zero-order valence-corrected chi connectivity index (χ0v) is 32.7. The van der Waals surface area contributed by atoms with Gasteiger partial charge in [-0.15, -0.1) is 0 Å². The highest BCUT2D eigenvalue weighted by Crippen LogP contribution is 2.13. The van der Waals surface area contributed by atoms with E-state index in [1.165, 1.54) is 83.5 Å². The van der Waals surface area contributed by atoms with Gasteiger partial charge in [0, 0.05) is 12.2 Å². The van der Waals surface area contributed by atoms with Crippen LogP contribution in [0, 0.1) is 0 Å². The highest BCUT2D eigenvalue weighted by Gasteiger charge is 1.98. The summed E-state index contributed by atoms with van der Waals surface area (Å²) in [6.07, 6.45) is 20.0. The van der Waals surface area contributed by atoms with Gasteiger partial charge in [-0.25, -0.2) is 0 Å². The van der Waals surface area contributed by atoms with Gasteiger partial charge in [0.2, 0.25) is 0 Å². The number of rotatable bonds is 44. The van der Waals surface area contributed by atoms with E-state index >= 15 is 0 Å². The van der Waals surface area contributed by atoms with Crippen molar-refractivity contribution in [3.8, 4) is 5.75 Å². The normalized spacial score (nSPS) is 11.4. The lowest BCUT2D eigenvalue weighted by molar-refractivity contribution is -0.0254. The van der Waals surface area contributed by atoms with Crippen molar-refractivity contribution >= 4 is 6.29 Å². The first-order chi connectivity index (χ1) is 25.9. The molecule has 0 aliphatic heterocycles. The fourth-order valence-electron chi connectivity index (χ4n) is 5.12. The lowest BCUT2D eigenvalue weighted by atomic mass is 10.0. The van der Waals surface area contributed by atoms with Crippen LogP contribution in [0.1, 0.15) is 107 Å². The van der Waals surface area contributed by atoms with E-state index in [1.54, 1.807) is 24.3 Å². The molecule has 0 aliphatic rings. The van der Waals surface area contributed by atoms with E-state index < -0.39 is 0 Å². The summed E-state index contributed by atoms with van der Waals surface area (Å²) in [4.78, 5) is 10.7. The van der Waals surface area contributed by atoms with Crippen LogP contribution < -0.4 is 4.74 Å². The Morgan fingerprint density at radius 1 is 0.346 bits per heavy atom. The largest absolute Gasteiger partial charge is 0.491 e. The maximum absolute atomic E-state index is 10.7. The molecular formula is C41H74O11. The zero-order chi connectivity index (χ0) is 37.1. The first-order valence-electron chi connectivity index (χ1n) is 20.2. The van der Waals surface area contributed by atoms with E-state index in [0.29, 0.717) is 130 Å². The fraction of sp³-hybridized carbons (Fsp3) is 0.829. The maximum atomic E-state index is 10.7. The number of aldehydes is 1. The van der Waals surface area contributed by atoms with Crippen LogP contribution in [0.15, 0.2) is 24.3 Å². The van der Waals surface area contributed by atoms with Crippen LogP contribution in [0.4, 0.5) is 0 Å². The van der Waals surface area contributed by atoms with Gasteiger partial charge in [0.05, 0.1) is 112 Å². The molecule has 0 heterocycles. The number of hydrogen-bond acceptors (Lipinski definition) is 11. The van der Waals surface area contributed by atoms with Crippen molar-refractivity contribution in [1.29, 1.82) is 0 Å². The Bertz CT molecular complexity index is 827. The molecule has 0 unspecified atom stereocenters. The second kappa shape index (κ2) is 42.1. The van der Waals surface area contributed by atoms with Crippen molar-refractivity contribution in [2.75, 3.05) is 126 Å². The third-order valence-electron chi connectivity index (χ3n) is 8.13. The molecule has 0 N–H and O–H groups in total. The molecule has 11 heteroatoms. The predicted molar refractivity (Wildman–Crippen MR) is 205 cm³/mol. The molecule has 0 spiro atoms. The Balaban J connectivity index is 1.62. The Kier molecular flexibility index (Phi) is 39.1. The standard InChI is InChI=1S/C41H74O11/c1-2-3-4-5-6-7-8-9-10-11-12-13-14-15-20-43-21-22-44-23-24-45-25-26-46-27-28-47-29-30-48-31-32-49-33-34-50-35-36-51-37-38-52-41-18-16-40(39-42)17-19-41/h16-19,39H,2-15,20-38H2,1H3. The lowest BCUT2D eigenvalue weighted by Crippen LogP contribution is -2.15. The summed E-state index contributed by atoms with van der Waals surface area (Å²) in [5.41, 5.74) is 0.622. The molecule has 0 saturated heterocycles. The van der Waals surface area contributed by atoms with Crippen molar-refractivity contribution < 1.29 is 52.2 Å². The third kappa shape index (κ3) is 36.7. The summed E-state index contributed by atoms with van der Waals surface area (Å²) < 4.78 is 55.3. The van der Waals surface area contributed by atoms with E-state index in [1.807, 2.05) is 0 Å². The summed E-state index contributed by atoms with van der Waals surface area (Å²) in [6, 6.07) is 6.96. The fourth-order valence-corrected chi connectivity index (χ4v) is 5.12. The average molecular weight is 743 g/mol. The Morgan fingerprint density at radius 2 is 0.615 bits per heavy atom. The molecule has 0 fully saturated rings. The highest BCUT2D eigenvalue weighted by molar-refractivity contribution is 5.74. The molecular weight excluding hydrogens is 668 g/mol. The highest BCUT2D eigenvalue weighted by atomic mass is 16.6. The molecule has 11 nitrogen and oxygen atoms in total. The Hall–Kier alpha value is -1.67. The monoisotopic (exact) mass is 743 g/mol. The van der Waals surface area contributed by atoms with E-state index in [2.05, 4.69) is 6.92 Å². The van der Waals surface area contributed by atoms with E-state index in [9.17, 15) is 4.79 Å². The molecule has 0 bridgehead atoms. The Morgan fingerprint density at radius 3 is 0.923 bits per heavy atom. The predicted octanol–water partition coefficient (Wildman–Crippen LogP) is 7.51. The number of ether oxygens (including phenoxy) is 10. The van der Waals surface area contributed by atoms with E-state index in [0.717, 1.165) is 19.3 Å². The first kappa shape index (κ1) is 48.3. The van der Waals surface area contributed by atoms with Crippen molar-refractivity contribution in [3.63, 3.8) is 0 Å². The van der Waals surface area contributed by atoms with Gasteiger partial charge in [-0.05, 0) is 30.7 Å². The number of carbonyl (C=O) groups excluding carboxylic acids is 1. The van der Waals surface area contributed by atoms with Crippen LogP contribution in [0.3, 0.4) is 0 Å². The summed E-state index contributed by atoms with van der Waals surface area (Å²) in [7, 11) is 0. The molecule has 304 valence electrons. The minimum atomic E-state index is 0.436. The van der Waals surface area contributed by atoms with Crippen molar-refractivity contribution in [2.24, 2.45) is 0 Å². The summed E-state index contributed by atoms with van der Waals surface area (Å²) in [5, 5.41) is 0. The average Bonchev–Trinajstić information content (AvgIpc) is 3.17. The molecule has 1 rings (SSSR count). The van der Waals surface area contributed by atoms with E-state index in [-0.39, 0.29) is 0 Å². The third-order valence-corrected chi connectivity index (χ3v) is 8.13. The van der Waals surface area contributed by atoms with E-state index in [4.69, 9.17) is 47.4 Å². The summed E-state index contributed by atoms with van der Waals surface area (Å²) in [6.45, 7) is 12.5. The molecule has 52 heavy (non-hydrogen) atoms. The van der Waals surface area contributed by atoms with Crippen LogP contribution >= 0.6 is 0 Å². The molecule has 0 amide bonds. The lowest BCUT2D eigenvalue weighted by Gasteiger charge is -2.09. The minimum absolute atomic E-state index is 0.436. The first-order valence-corrected chi connectivity index (χ1v) is 20.2. The second-order valence-corrected chi connectivity index (χ2v) is 12.6. The molecule has 0 atom stereocenters. The van der Waals surface area contributed by atoms with Gasteiger partial charge in [0.1, 0.15) is 18.6 Å². The molecule has 0 aliphatic carbocycles. The Labute approximate surface area is 316 Å². The second-order valence-electron chi connectivity index (χ2n) is 12.6. The van der Waals surface area contributed by atoms with Crippen LogP contribution in [-0.4, -0.2) is 132 Å². The summed E-state index contributed by atoms with van der Waals surface area (Å²) >= 11 is 0. The van der Waals surface area contributed by atoms with Gasteiger partial charge in [-0.2, -0.15) is 0 Å². The van der Waals surface area contributed by atoms with Crippen LogP contribution in [-0.2, 0) is 42.6 Å². The minimum Gasteiger partial charge on any atom is -0.491 e. The zero-order valence-electron chi connectivity index (χ0n) is 32.7. The van der Waals surface area contributed by atoms with Gasteiger partial charge in [-0.1, -0.05) is 90.4 Å². The molecule has 0 aromatic heterocycles. The van der Waals surface area contributed by atoms with Gasteiger partial charge in [0.15, 0.2) is 0 Å². The van der Waals surface area contributed by atoms with Crippen LogP contribution in [0.25, 0.3) is 0 Å². The van der Waals surface area contributed by atoms with Gasteiger partial charge in [-0.3, -0.25) is 4.79 Å². The maximum Gasteiger partial charge on any atom is 0.150 e. The number of unbranched alkanes of at least 4 members (excludes halogenated alkanes) is 13. The van der Waals surface area contributed by atoms with Crippen molar-refractivity contribution in [3.05, 3.63) is 29.8 Å². The smallest absolute Gasteiger partial charge is 0.150 e. The SMILES string of the molecule is CCCCCCCCCCCCCCCCOCCOCCOCCOCCOCCOCCOCCOCCOCCOc1ccc(C=O)cc1. The quantitative estimate of drug-likeness (QED) is 0.0490. The van der Waals surface area contributed by atoms with Gasteiger partial charge < -0.3 is 47.4 Å². The summed E-state index contributed by atoms with van der Waals surface area (Å²) in [5.74, 6) is 0.709. The molecule has 1 aromatic rings. The molecule has 0 radical (unpaired) electrons. The molecule has 1 aromatic carbocycles. The molecule has 0 saturated carbocycles. The number of hydrogen-bond donors (Lipinski definition) is 0. The number of benzene rings is 1.